The van der Waals surface area contributed by atoms with Crippen LogP contribution < -0.4 is 30.7 Å². The molecular formula is C45H54N4O9. The molecule has 4 bridgehead atoms. The van der Waals surface area contributed by atoms with Crippen molar-refractivity contribution >= 4 is 51.3 Å². The number of alkyl carbamates (subject to hydrolysis) is 1. The van der Waals surface area contributed by atoms with E-state index in [9.17, 15) is 24.0 Å². The summed E-state index contributed by atoms with van der Waals surface area (Å²) < 4.78 is 22.8. The molecule has 1 aliphatic heterocycles. The largest absolute Gasteiger partial charge is 0.496 e. The van der Waals surface area contributed by atoms with E-state index in [0.29, 0.717) is 36.3 Å². The maximum atomic E-state index is 14.3. The zero-order chi connectivity index (χ0) is 42.0. The summed E-state index contributed by atoms with van der Waals surface area (Å²) >= 11 is 0. The molecule has 1 unspecified atom stereocenters. The summed E-state index contributed by atoms with van der Waals surface area (Å²) in [5.74, 6) is -1.19. The summed E-state index contributed by atoms with van der Waals surface area (Å²) in [4.78, 5) is 66.2. The molecule has 4 aromatic carbocycles. The number of hydrogen-bond donors (Lipinski definition) is 4. The minimum atomic E-state index is -1.13. The molecule has 0 fully saturated rings. The van der Waals surface area contributed by atoms with Crippen molar-refractivity contribution in [3.05, 3.63) is 83.9 Å². The van der Waals surface area contributed by atoms with Crippen LogP contribution in [0.3, 0.4) is 0 Å². The number of amides is 4. The summed E-state index contributed by atoms with van der Waals surface area (Å²) in [6.45, 7) is 6.90. The molecule has 0 aromatic heterocycles. The SMILES string of the molecule is COC(=O)[C@@H]1C/C=C\Cc2cc3ccccc3c(c2OC)-c2c(OC)c(cc3ccccc23)CC(NC(C)=O)C(=O)N[C@H](CCCCNC(=O)OC(C)(C)C)C(=O)N1. The number of hydrogen-bond acceptors (Lipinski definition) is 9. The fourth-order valence-electron chi connectivity index (χ4n) is 7.30. The van der Waals surface area contributed by atoms with Gasteiger partial charge < -0.3 is 40.2 Å². The Morgan fingerprint density at radius 3 is 1.98 bits per heavy atom. The number of unbranched alkanes of at least 4 members (excludes halogenated alkanes) is 1. The third-order valence-electron chi connectivity index (χ3n) is 9.83. The standard InChI is InChI=1S/C45H54N4O9/c1-27(50)47-36-26-31-25-29-17-9-12-20-33(29)38(40(31)56-6)37-32-19-11-8-16-28(32)24-30(39(37)55-5)18-10-13-22-35(43(53)57-7)49-41(51)34(48-42(36)52)21-14-15-23-46-44(54)58-45(2,3)4/h8-13,16-17,19-20,24-25,34-36H,14-15,18,21-23,26H2,1-7H3,(H,46,54)(H,47,50)(H,48,52)(H,49,51)/b13-10-/t34-,35+,36?/m1/s1. The molecule has 4 amide bonds. The Hall–Kier alpha value is -6.11. The van der Waals surface area contributed by atoms with Crippen LogP contribution in [0.2, 0.25) is 0 Å². The van der Waals surface area contributed by atoms with E-state index < -0.39 is 53.5 Å². The van der Waals surface area contributed by atoms with Gasteiger partial charge in [0, 0.05) is 31.0 Å². The van der Waals surface area contributed by atoms with Gasteiger partial charge in [-0.25, -0.2) is 9.59 Å². The molecule has 5 rings (SSSR count). The molecule has 3 atom stereocenters. The lowest BCUT2D eigenvalue weighted by atomic mass is 9.87. The van der Waals surface area contributed by atoms with E-state index in [1.54, 1.807) is 41.1 Å². The van der Waals surface area contributed by atoms with E-state index in [0.717, 1.165) is 38.2 Å². The van der Waals surface area contributed by atoms with E-state index >= 15 is 0 Å². The molecule has 4 aromatic rings. The van der Waals surface area contributed by atoms with Crippen molar-refractivity contribution in [2.75, 3.05) is 27.9 Å². The molecule has 4 N–H and O–H groups in total. The normalized spacial score (nSPS) is 18.2. The van der Waals surface area contributed by atoms with Gasteiger partial charge in [-0.3, -0.25) is 14.4 Å². The van der Waals surface area contributed by atoms with Crippen molar-refractivity contribution in [3.8, 4) is 22.6 Å². The zero-order valence-electron chi connectivity index (χ0n) is 34.3. The number of allylic oxidation sites excluding steroid dienone is 1. The Morgan fingerprint density at radius 1 is 0.793 bits per heavy atom. The van der Waals surface area contributed by atoms with Crippen molar-refractivity contribution < 1.29 is 42.9 Å². The first kappa shape index (κ1) is 43.0. The van der Waals surface area contributed by atoms with Crippen LogP contribution in [-0.2, 0) is 41.5 Å². The van der Waals surface area contributed by atoms with Gasteiger partial charge in [0.15, 0.2) is 0 Å². The van der Waals surface area contributed by atoms with E-state index in [1.165, 1.54) is 14.0 Å². The van der Waals surface area contributed by atoms with Gasteiger partial charge in [-0.15, -0.1) is 0 Å². The Labute approximate surface area is 339 Å². The number of benzene rings is 4. The molecule has 0 radical (unpaired) electrons. The Balaban J connectivity index is 1.63. The van der Waals surface area contributed by atoms with Crippen LogP contribution in [0.15, 0.2) is 72.8 Å². The first-order valence-electron chi connectivity index (χ1n) is 19.5. The smallest absolute Gasteiger partial charge is 0.407 e. The number of fused-ring (bicyclic) bond motifs is 9. The van der Waals surface area contributed by atoms with Gasteiger partial charge >= 0.3 is 12.1 Å². The van der Waals surface area contributed by atoms with Crippen LogP contribution in [0, 0.1) is 0 Å². The lowest BCUT2D eigenvalue weighted by molar-refractivity contribution is -0.145. The molecule has 0 saturated carbocycles. The van der Waals surface area contributed by atoms with Gasteiger partial charge in [-0.05, 0) is 97.7 Å². The highest BCUT2D eigenvalue weighted by Gasteiger charge is 2.31. The number of esters is 1. The number of ether oxygens (including phenoxy) is 4. The van der Waals surface area contributed by atoms with Gasteiger partial charge in [0.2, 0.25) is 17.7 Å². The van der Waals surface area contributed by atoms with Crippen LogP contribution in [0.25, 0.3) is 32.7 Å². The first-order chi connectivity index (χ1) is 27.7. The van der Waals surface area contributed by atoms with E-state index in [1.807, 2.05) is 60.7 Å². The molecule has 0 saturated heterocycles. The molecule has 13 nitrogen and oxygen atoms in total. The number of rotatable bonds is 9. The van der Waals surface area contributed by atoms with Gasteiger partial charge in [0.25, 0.3) is 0 Å². The van der Waals surface area contributed by atoms with Gasteiger partial charge in [-0.1, -0.05) is 60.7 Å². The van der Waals surface area contributed by atoms with Gasteiger partial charge in [-0.2, -0.15) is 0 Å². The second-order valence-corrected chi connectivity index (χ2v) is 15.3. The summed E-state index contributed by atoms with van der Waals surface area (Å²) in [7, 11) is 4.44. The lowest BCUT2D eigenvalue weighted by Gasteiger charge is -2.26. The third kappa shape index (κ3) is 10.6. The minimum absolute atomic E-state index is 0.00797. The third-order valence-corrected chi connectivity index (χ3v) is 9.83. The first-order valence-corrected chi connectivity index (χ1v) is 19.5. The summed E-state index contributed by atoms with van der Waals surface area (Å²) in [6, 6.07) is 16.6. The average molecular weight is 795 g/mol. The summed E-state index contributed by atoms with van der Waals surface area (Å²) in [5, 5.41) is 14.8. The fourth-order valence-corrected chi connectivity index (χ4v) is 7.30. The van der Waals surface area contributed by atoms with Crippen LogP contribution in [0.5, 0.6) is 11.5 Å². The van der Waals surface area contributed by atoms with Crippen molar-refractivity contribution in [2.45, 2.75) is 89.9 Å². The van der Waals surface area contributed by atoms with Crippen LogP contribution in [0.1, 0.15) is 64.5 Å². The molecular weight excluding hydrogens is 741 g/mol. The Morgan fingerprint density at radius 2 is 1.40 bits per heavy atom. The molecule has 58 heavy (non-hydrogen) atoms. The topological polar surface area (TPSA) is 170 Å². The van der Waals surface area contributed by atoms with Crippen molar-refractivity contribution in [3.63, 3.8) is 0 Å². The highest BCUT2D eigenvalue weighted by atomic mass is 16.6. The van der Waals surface area contributed by atoms with Crippen molar-refractivity contribution in [1.82, 2.24) is 21.3 Å². The number of carbonyl (C=O) groups excluding carboxylic acids is 5. The monoisotopic (exact) mass is 794 g/mol. The number of nitrogens with one attached hydrogen (secondary N) is 4. The molecule has 308 valence electrons. The Kier molecular flexibility index (Phi) is 14.4. The van der Waals surface area contributed by atoms with Crippen molar-refractivity contribution in [1.29, 1.82) is 0 Å². The summed E-state index contributed by atoms with van der Waals surface area (Å²) in [5.41, 5.74) is 2.43. The van der Waals surface area contributed by atoms with E-state index in [2.05, 4.69) is 27.3 Å². The predicted octanol–water partition coefficient (Wildman–Crippen LogP) is 6.06. The quantitative estimate of drug-likeness (QED) is 0.0893. The maximum absolute atomic E-state index is 14.3. The van der Waals surface area contributed by atoms with Crippen LogP contribution in [0.4, 0.5) is 4.79 Å². The number of carbonyl (C=O) groups is 5. The maximum Gasteiger partial charge on any atom is 0.407 e. The second kappa shape index (κ2) is 19.4. The molecule has 13 heteroatoms. The fraction of sp³-hybridized carbons (Fsp3) is 0.400. The lowest BCUT2D eigenvalue weighted by Crippen LogP contribution is -2.56. The van der Waals surface area contributed by atoms with Crippen LogP contribution >= 0.6 is 0 Å². The molecule has 1 aliphatic rings. The Bertz CT molecular complexity index is 2190. The average Bonchev–Trinajstić information content (AvgIpc) is 3.18. The van der Waals surface area contributed by atoms with Crippen molar-refractivity contribution in [2.24, 2.45) is 0 Å². The molecule has 0 spiro atoms. The van der Waals surface area contributed by atoms with Gasteiger partial charge in [0.1, 0.15) is 35.2 Å². The summed E-state index contributed by atoms with van der Waals surface area (Å²) in [6.07, 6.45) is 4.75. The highest BCUT2D eigenvalue weighted by Crippen LogP contribution is 2.48. The van der Waals surface area contributed by atoms with Crippen LogP contribution in [-0.4, -0.2) is 81.4 Å². The molecule has 0 aliphatic carbocycles. The van der Waals surface area contributed by atoms with E-state index in [-0.39, 0.29) is 25.8 Å². The highest BCUT2D eigenvalue weighted by molar-refractivity contribution is 6.11. The van der Waals surface area contributed by atoms with Gasteiger partial charge in [0.05, 0.1) is 21.3 Å². The second-order valence-electron chi connectivity index (χ2n) is 15.3. The minimum Gasteiger partial charge on any atom is -0.496 e. The zero-order valence-corrected chi connectivity index (χ0v) is 34.3. The number of methoxy groups -OCH3 is 3. The molecule has 1 heterocycles. The van der Waals surface area contributed by atoms with E-state index in [4.69, 9.17) is 18.9 Å². The predicted molar refractivity (Wildman–Crippen MR) is 223 cm³/mol.